The fourth-order valence-electron chi connectivity index (χ4n) is 6.77. The minimum absolute atomic E-state index is 0.00814. The van der Waals surface area contributed by atoms with Crippen molar-refractivity contribution in [3.05, 3.63) is 98.8 Å². The van der Waals surface area contributed by atoms with Gasteiger partial charge in [-0.25, -0.2) is 4.98 Å². The Hall–Kier alpha value is -3.61. The first kappa shape index (κ1) is 34.3. The number of Topliss-reactive ketones (excluding diaryl/α,β-unsaturated/α-hetero) is 1. The van der Waals surface area contributed by atoms with Gasteiger partial charge in [0, 0.05) is 30.0 Å². The molecule has 1 N–H and O–H groups in total. The van der Waals surface area contributed by atoms with E-state index in [1.54, 1.807) is 18.2 Å². The molecule has 0 radical (unpaired) electrons. The van der Waals surface area contributed by atoms with Gasteiger partial charge in [-0.3, -0.25) is 9.59 Å². The number of hydrogen-bond acceptors (Lipinski definition) is 4. The molecule has 3 aromatic carbocycles. The molecule has 2 fully saturated rings. The van der Waals surface area contributed by atoms with Crippen LogP contribution in [0, 0.1) is 5.92 Å². The van der Waals surface area contributed by atoms with Crippen LogP contribution in [0.1, 0.15) is 63.4 Å². The largest absolute Gasteiger partial charge is 0.416 e. The summed E-state index contributed by atoms with van der Waals surface area (Å²) in [4.78, 5) is 37.8. The van der Waals surface area contributed by atoms with Gasteiger partial charge in [0.15, 0.2) is 5.82 Å². The van der Waals surface area contributed by atoms with Gasteiger partial charge in [-0.2, -0.15) is 26.3 Å². The fraction of sp³-hybridized carbons (Fsp3) is 0.382. The van der Waals surface area contributed by atoms with Crippen molar-refractivity contribution in [3.8, 4) is 0 Å². The Balaban J connectivity index is 1.18. The van der Waals surface area contributed by atoms with Gasteiger partial charge in [0.05, 0.1) is 32.2 Å². The first-order valence-corrected chi connectivity index (χ1v) is 16.1. The molecule has 48 heavy (non-hydrogen) atoms. The Labute approximate surface area is 282 Å². The van der Waals surface area contributed by atoms with Crippen LogP contribution in [0.15, 0.2) is 60.7 Å². The van der Waals surface area contributed by atoms with Crippen molar-refractivity contribution < 1.29 is 35.9 Å². The molecule has 2 saturated heterocycles. The molecule has 0 aliphatic carbocycles. The van der Waals surface area contributed by atoms with Crippen LogP contribution in [0.2, 0.25) is 10.0 Å². The molecule has 2 aliphatic heterocycles. The molecule has 0 bridgehead atoms. The summed E-state index contributed by atoms with van der Waals surface area (Å²) in [6.07, 6.45) is -7.98. The number of benzene rings is 3. The summed E-state index contributed by atoms with van der Waals surface area (Å²) >= 11 is 12.5. The van der Waals surface area contributed by atoms with Crippen molar-refractivity contribution in [2.24, 2.45) is 5.92 Å². The number of imidazole rings is 1. The van der Waals surface area contributed by atoms with Crippen LogP contribution in [0.4, 0.5) is 26.3 Å². The molecule has 14 heteroatoms. The van der Waals surface area contributed by atoms with Crippen LogP contribution in [-0.2, 0) is 17.8 Å². The number of halogens is 8. The standard InChI is InChI=1S/C34H30Cl2F6N4O2/c35-25-6-5-22(18-26(25)36)32(9-13-45-11-7-20(8-12-45)29(47)30-43-27-3-1-2-4-28(27)44-30)10-14-46(19-32)31(48)21-15-23(33(37,38)39)17-24(16-21)34(40,41)42/h1-6,15-18,20H,7-14,19H2,(H,43,44). The lowest BCUT2D eigenvalue weighted by Crippen LogP contribution is -2.41. The summed E-state index contributed by atoms with van der Waals surface area (Å²) < 4.78 is 81.1. The molecule has 254 valence electrons. The number of likely N-dealkylation sites (tertiary alicyclic amines) is 2. The van der Waals surface area contributed by atoms with Gasteiger partial charge in [0.2, 0.25) is 5.78 Å². The molecular weight excluding hydrogens is 681 g/mol. The minimum atomic E-state index is -5.07. The van der Waals surface area contributed by atoms with Gasteiger partial charge in [-0.1, -0.05) is 41.4 Å². The Morgan fingerprint density at radius 2 is 1.54 bits per heavy atom. The Morgan fingerprint density at radius 1 is 0.875 bits per heavy atom. The van der Waals surface area contributed by atoms with Crippen LogP contribution >= 0.6 is 23.2 Å². The average Bonchev–Trinajstić information content (AvgIpc) is 3.69. The van der Waals surface area contributed by atoms with Crippen LogP contribution in [0.3, 0.4) is 0 Å². The molecule has 1 amide bonds. The summed E-state index contributed by atoms with van der Waals surface area (Å²) in [6.45, 7) is 2.03. The normalized spacial score (nSPS) is 19.7. The first-order chi connectivity index (χ1) is 22.6. The summed E-state index contributed by atoms with van der Waals surface area (Å²) in [5.41, 5.74) is -2.18. The molecule has 4 aromatic rings. The number of hydrogen-bond donors (Lipinski definition) is 1. The number of nitrogens with zero attached hydrogens (tertiary/aromatic N) is 3. The number of H-pyrrole nitrogens is 1. The van der Waals surface area contributed by atoms with Crippen LogP contribution < -0.4 is 0 Å². The topological polar surface area (TPSA) is 69.3 Å². The van der Waals surface area contributed by atoms with E-state index in [1.807, 2.05) is 24.3 Å². The SMILES string of the molecule is O=C(c1nc2ccccc2[nH]1)C1CCN(CCC2(c3ccc(Cl)c(Cl)c3)CCN(C(=O)c3cc(C(F)(F)F)cc(C(F)(F)F)c3)C2)CC1. The fourth-order valence-corrected chi connectivity index (χ4v) is 7.07. The van der Waals surface area contributed by atoms with Crippen LogP contribution in [0.5, 0.6) is 0 Å². The van der Waals surface area contributed by atoms with Crippen LogP contribution in [-0.4, -0.2) is 64.2 Å². The molecule has 2 aliphatic rings. The minimum Gasteiger partial charge on any atom is -0.338 e. The van der Waals surface area contributed by atoms with Gasteiger partial charge in [0.25, 0.3) is 5.91 Å². The second kappa shape index (κ2) is 13.0. The highest BCUT2D eigenvalue weighted by molar-refractivity contribution is 6.42. The lowest BCUT2D eigenvalue weighted by Gasteiger charge is -2.36. The van der Waals surface area contributed by atoms with Crippen molar-refractivity contribution in [2.45, 2.75) is 43.5 Å². The summed E-state index contributed by atoms with van der Waals surface area (Å²) in [7, 11) is 0. The van der Waals surface area contributed by atoms with E-state index in [0.29, 0.717) is 68.3 Å². The number of fused-ring (bicyclic) bond motifs is 1. The molecule has 1 aromatic heterocycles. The number of amides is 1. The molecule has 0 saturated carbocycles. The monoisotopic (exact) mass is 710 g/mol. The van der Waals surface area contributed by atoms with E-state index in [9.17, 15) is 35.9 Å². The second-order valence-corrected chi connectivity index (χ2v) is 13.3. The van der Waals surface area contributed by atoms with Gasteiger partial charge in [-0.05, 0) is 93.3 Å². The molecule has 0 spiro atoms. The van der Waals surface area contributed by atoms with Gasteiger partial charge >= 0.3 is 12.4 Å². The summed E-state index contributed by atoms with van der Waals surface area (Å²) in [5.74, 6) is -0.809. The van der Waals surface area contributed by atoms with E-state index in [0.717, 1.165) is 16.6 Å². The third kappa shape index (κ3) is 7.06. The quantitative estimate of drug-likeness (QED) is 0.154. The zero-order valence-electron chi connectivity index (χ0n) is 25.4. The number of rotatable bonds is 7. The molecule has 1 unspecified atom stereocenters. The number of aromatic nitrogens is 2. The number of para-hydroxylation sites is 2. The number of carbonyl (C=O) groups is 2. The highest BCUT2D eigenvalue weighted by atomic mass is 35.5. The number of aromatic amines is 1. The van der Waals surface area contributed by atoms with Crippen molar-refractivity contribution >= 4 is 45.9 Å². The molecule has 6 rings (SSSR count). The van der Waals surface area contributed by atoms with Crippen molar-refractivity contribution in [3.63, 3.8) is 0 Å². The Kier molecular flexibility index (Phi) is 9.29. The number of alkyl halides is 6. The van der Waals surface area contributed by atoms with E-state index >= 15 is 0 Å². The van der Waals surface area contributed by atoms with E-state index in [2.05, 4.69) is 14.9 Å². The predicted molar refractivity (Wildman–Crippen MR) is 169 cm³/mol. The lowest BCUT2D eigenvalue weighted by molar-refractivity contribution is -0.143. The van der Waals surface area contributed by atoms with Crippen molar-refractivity contribution in [1.82, 2.24) is 19.8 Å². The smallest absolute Gasteiger partial charge is 0.338 e. The lowest BCUT2D eigenvalue weighted by atomic mass is 9.76. The van der Waals surface area contributed by atoms with Gasteiger partial charge in [0.1, 0.15) is 0 Å². The van der Waals surface area contributed by atoms with Crippen LogP contribution in [0.25, 0.3) is 11.0 Å². The number of piperidine rings is 1. The van der Waals surface area contributed by atoms with Crippen molar-refractivity contribution in [1.29, 1.82) is 0 Å². The molecule has 1 atom stereocenters. The van der Waals surface area contributed by atoms with E-state index in [-0.39, 0.29) is 35.9 Å². The zero-order chi connectivity index (χ0) is 34.4. The van der Waals surface area contributed by atoms with E-state index in [1.165, 1.54) is 4.90 Å². The highest BCUT2D eigenvalue weighted by Gasteiger charge is 2.43. The molecule has 3 heterocycles. The Morgan fingerprint density at radius 3 is 2.17 bits per heavy atom. The summed E-state index contributed by atoms with van der Waals surface area (Å²) in [6, 6.07) is 13.5. The molecule has 6 nitrogen and oxygen atoms in total. The number of nitrogens with one attached hydrogen (secondary N) is 1. The maximum Gasteiger partial charge on any atom is 0.416 e. The number of carbonyl (C=O) groups excluding carboxylic acids is 2. The van der Waals surface area contributed by atoms with E-state index in [4.69, 9.17) is 23.2 Å². The number of ketones is 1. The third-order valence-electron chi connectivity index (χ3n) is 9.50. The van der Waals surface area contributed by atoms with E-state index < -0.39 is 40.4 Å². The second-order valence-electron chi connectivity index (χ2n) is 12.5. The molecular formula is C34H30Cl2F6N4O2. The maximum atomic E-state index is 13.5. The predicted octanol–water partition coefficient (Wildman–Crippen LogP) is 8.68. The van der Waals surface area contributed by atoms with Gasteiger partial charge < -0.3 is 14.8 Å². The van der Waals surface area contributed by atoms with Crippen molar-refractivity contribution in [2.75, 3.05) is 32.7 Å². The third-order valence-corrected chi connectivity index (χ3v) is 10.2. The average molecular weight is 712 g/mol. The van der Waals surface area contributed by atoms with Gasteiger partial charge in [-0.15, -0.1) is 0 Å². The highest BCUT2D eigenvalue weighted by Crippen LogP contribution is 2.42. The maximum absolute atomic E-state index is 13.5. The summed E-state index contributed by atoms with van der Waals surface area (Å²) in [5, 5.41) is 0.609. The Bertz CT molecular complexity index is 1790. The zero-order valence-corrected chi connectivity index (χ0v) is 26.9. The first-order valence-electron chi connectivity index (χ1n) is 15.4.